The SMILES string of the molecule is Cc1ccccc1C1(CNc2ccc(C(=O)NC3CC3)cc2[N+](=O)[O-])CCOCC1. The summed E-state index contributed by atoms with van der Waals surface area (Å²) in [5.74, 6) is -0.257. The Morgan fingerprint density at radius 1 is 1.20 bits per heavy atom. The minimum atomic E-state index is -0.430. The molecule has 4 rings (SSSR count). The van der Waals surface area contributed by atoms with Crippen molar-refractivity contribution in [1.29, 1.82) is 0 Å². The molecular formula is C23H27N3O4. The second kappa shape index (κ2) is 8.44. The van der Waals surface area contributed by atoms with E-state index < -0.39 is 4.92 Å². The predicted molar refractivity (Wildman–Crippen MR) is 115 cm³/mol. The summed E-state index contributed by atoms with van der Waals surface area (Å²) in [7, 11) is 0. The van der Waals surface area contributed by atoms with Crippen molar-refractivity contribution in [3.63, 3.8) is 0 Å². The molecule has 7 nitrogen and oxygen atoms in total. The molecule has 0 aromatic heterocycles. The number of hydrogen-bond acceptors (Lipinski definition) is 5. The van der Waals surface area contributed by atoms with Crippen molar-refractivity contribution < 1.29 is 14.5 Å². The summed E-state index contributed by atoms with van der Waals surface area (Å²) in [6.45, 7) is 3.99. The first-order valence-corrected chi connectivity index (χ1v) is 10.5. The minimum Gasteiger partial charge on any atom is -0.381 e. The molecule has 1 heterocycles. The van der Waals surface area contributed by atoms with Gasteiger partial charge in [-0.15, -0.1) is 0 Å². The van der Waals surface area contributed by atoms with Crippen LogP contribution in [0.3, 0.4) is 0 Å². The number of nitro benzene ring substituents is 1. The largest absolute Gasteiger partial charge is 0.381 e. The van der Waals surface area contributed by atoms with E-state index in [1.54, 1.807) is 12.1 Å². The maximum Gasteiger partial charge on any atom is 0.293 e. The molecule has 158 valence electrons. The van der Waals surface area contributed by atoms with E-state index in [4.69, 9.17) is 4.74 Å². The Bertz CT molecular complexity index is 949. The second-order valence-electron chi connectivity index (χ2n) is 8.30. The number of hydrogen-bond donors (Lipinski definition) is 2. The first-order valence-electron chi connectivity index (χ1n) is 10.5. The average Bonchev–Trinajstić information content (AvgIpc) is 3.57. The molecular weight excluding hydrogens is 382 g/mol. The van der Waals surface area contributed by atoms with Crippen LogP contribution in [0.25, 0.3) is 0 Å². The normalized spacial score (nSPS) is 17.9. The molecule has 1 saturated carbocycles. The van der Waals surface area contributed by atoms with Crippen LogP contribution in [0, 0.1) is 17.0 Å². The van der Waals surface area contributed by atoms with Crippen LogP contribution in [0.1, 0.15) is 47.2 Å². The topological polar surface area (TPSA) is 93.5 Å². The van der Waals surface area contributed by atoms with Gasteiger partial charge in [-0.25, -0.2) is 0 Å². The Kier molecular flexibility index (Phi) is 5.72. The van der Waals surface area contributed by atoms with Gasteiger partial charge < -0.3 is 15.4 Å². The van der Waals surface area contributed by atoms with Crippen molar-refractivity contribution >= 4 is 17.3 Å². The maximum absolute atomic E-state index is 12.3. The summed E-state index contributed by atoms with van der Waals surface area (Å²) >= 11 is 0. The fourth-order valence-electron chi connectivity index (χ4n) is 4.21. The summed E-state index contributed by atoms with van der Waals surface area (Å²) < 4.78 is 5.60. The highest BCUT2D eigenvalue weighted by Gasteiger charge is 2.36. The van der Waals surface area contributed by atoms with Gasteiger partial charge in [-0.05, 0) is 55.9 Å². The standard InChI is InChI=1S/C23H27N3O4/c1-16-4-2-3-5-19(16)23(10-12-30-13-11-23)15-24-20-9-6-17(14-21(20)26(28)29)22(27)25-18-7-8-18/h2-6,9,14,18,24H,7-8,10-13,15H2,1H3,(H,25,27). The third-order valence-corrected chi connectivity index (χ3v) is 6.15. The van der Waals surface area contributed by atoms with E-state index in [9.17, 15) is 14.9 Å². The van der Waals surface area contributed by atoms with E-state index in [2.05, 4.69) is 29.7 Å². The fourth-order valence-corrected chi connectivity index (χ4v) is 4.21. The van der Waals surface area contributed by atoms with Gasteiger partial charge in [-0.3, -0.25) is 14.9 Å². The van der Waals surface area contributed by atoms with Gasteiger partial charge in [0.25, 0.3) is 11.6 Å². The number of amides is 1. The van der Waals surface area contributed by atoms with Gasteiger partial charge in [0.2, 0.25) is 0 Å². The summed E-state index contributed by atoms with van der Waals surface area (Å²) in [6, 6.07) is 13.2. The average molecular weight is 409 g/mol. The van der Waals surface area contributed by atoms with Crippen LogP contribution >= 0.6 is 0 Å². The molecule has 0 spiro atoms. The number of carbonyl (C=O) groups is 1. The van der Waals surface area contributed by atoms with Gasteiger partial charge in [0, 0.05) is 42.8 Å². The Balaban J connectivity index is 1.58. The van der Waals surface area contributed by atoms with Crippen molar-refractivity contribution in [2.45, 2.75) is 44.1 Å². The van der Waals surface area contributed by atoms with Crippen molar-refractivity contribution in [3.8, 4) is 0 Å². The highest BCUT2D eigenvalue weighted by Crippen LogP contribution is 2.38. The van der Waals surface area contributed by atoms with Crippen molar-refractivity contribution in [1.82, 2.24) is 5.32 Å². The molecule has 2 aliphatic rings. The molecule has 1 amide bonds. The van der Waals surface area contributed by atoms with E-state index in [-0.39, 0.29) is 23.1 Å². The van der Waals surface area contributed by atoms with Gasteiger partial charge in [0.05, 0.1) is 4.92 Å². The van der Waals surface area contributed by atoms with Gasteiger partial charge in [0.1, 0.15) is 5.69 Å². The first-order chi connectivity index (χ1) is 14.5. The number of anilines is 1. The quantitative estimate of drug-likeness (QED) is 0.533. The van der Waals surface area contributed by atoms with Gasteiger partial charge in [-0.2, -0.15) is 0 Å². The van der Waals surface area contributed by atoms with E-state index in [0.29, 0.717) is 31.0 Å². The molecule has 0 bridgehead atoms. The van der Waals surface area contributed by atoms with Gasteiger partial charge in [0.15, 0.2) is 0 Å². The zero-order chi connectivity index (χ0) is 21.1. The predicted octanol–water partition coefficient (Wildman–Crippen LogP) is 3.96. The highest BCUT2D eigenvalue weighted by atomic mass is 16.6. The molecule has 2 N–H and O–H groups in total. The van der Waals surface area contributed by atoms with Gasteiger partial charge in [-0.1, -0.05) is 24.3 Å². The number of rotatable bonds is 7. The Morgan fingerprint density at radius 2 is 1.93 bits per heavy atom. The van der Waals surface area contributed by atoms with Crippen LogP contribution in [0.5, 0.6) is 0 Å². The third-order valence-electron chi connectivity index (χ3n) is 6.15. The number of ether oxygens (including phenoxy) is 1. The number of aryl methyl sites for hydroxylation is 1. The zero-order valence-electron chi connectivity index (χ0n) is 17.1. The second-order valence-corrected chi connectivity index (χ2v) is 8.30. The fraction of sp³-hybridized carbons (Fsp3) is 0.435. The van der Waals surface area contributed by atoms with Gasteiger partial charge >= 0.3 is 0 Å². The minimum absolute atomic E-state index is 0.0783. The number of nitrogens with one attached hydrogen (secondary N) is 2. The number of nitrogens with zero attached hydrogens (tertiary/aromatic N) is 1. The summed E-state index contributed by atoms with van der Waals surface area (Å²) in [5, 5.41) is 17.9. The molecule has 1 aliphatic carbocycles. The number of nitro groups is 1. The summed E-state index contributed by atoms with van der Waals surface area (Å²) in [6.07, 6.45) is 3.64. The summed E-state index contributed by atoms with van der Waals surface area (Å²) in [5.41, 5.74) is 2.98. The molecule has 2 aromatic carbocycles. The lowest BCUT2D eigenvalue weighted by Gasteiger charge is -2.39. The molecule has 0 atom stereocenters. The van der Waals surface area contributed by atoms with Crippen molar-refractivity contribution in [3.05, 3.63) is 69.3 Å². The molecule has 0 radical (unpaired) electrons. The highest BCUT2D eigenvalue weighted by molar-refractivity contribution is 5.96. The van der Waals surface area contributed by atoms with Crippen molar-refractivity contribution in [2.24, 2.45) is 0 Å². The van der Waals surface area contributed by atoms with Crippen LogP contribution in [0.15, 0.2) is 42.5 Å². The van der Waals surface area contributed by atoms with Crippen LogP contribution in [-0.2, 0) is 10.2 Å². The zero-order valence-corrected chi connectivity index (χ0v) is 17.1. The molecule has 2 aromatic rings. The molecule has 30 heavy (non-hydrogen) atoms. The molecule has 1 aliphatic heterocycles. The first kappa shape index (κ1) is 20.3. The third kappa shape index (κ3) is 4.31. The van der Waals surface area contributed by atoms with Crippen LogP contribution in [0.4, 0.5) is 11.4 Å². The molecule has 2 fully saturated rings. The van der Waals surface area contributed by atoms with Crippen LogP contribution < -0.4 is 10.6 Å². The smallest absolute Gasteiger partial charge is 0.293 e. The van der Waals surface area contributed by atoms with E-state index in [0.717, 1.165) is 25.7 Å². The Labute approximate surface area is 176 Å². The van der Waals surface area contributed by atoms with Crippen LogP contribution in [-0.4, -0.2) is 36.6 Å². The van der Waals surface area contributed by atoms with E-state index in [1.165, 1.54) is 17.2 Å². The summed E-state index contributed by atoms with van der Waals surface area (Å²) in [4.78, 5) is 23.6. The number of carbonyl (C=O) groups excluding carboxylic acids is 1. The maximum atomic E-state index is 12.3. The van der Waals surface area contributed by atoms with E-state index >= 15 is 0 Å². The molecule has 1 saturated heterocycles. The van der Waals surface area contributed by atoms with E-state index in [1.807, 2.05) is 12.1 Å². The lowest BCUT2D eigenvalue weighted by molar-refractivity contribution is -0.384. The number of benzene rings is 2. The lowest BCUT2D eigenvalue weighted by atomic mass is 9.72. The monoisotopic (exact) mass is 409 g/mol. The molecule has 0 unspecified atom stereocenters. The Hall–Kier alpha value is -2.93. The molecule has 7 heteroatoms. The Morgan fingerprint density at radius 3 is 2.60 bits per heavy atom. The van der Waals surface area contributed by atoms with Crippen LogP contribution in [0.2, 0.25) is 0 Å². The lowest BCUT2D eigenvalue weighted by Crippen LogP contribution is -2.40. The van der Waals surface area contributed by atoms with Crippen molar-refractivity contribution in [2.75, 3.05) is 25.1 Å².